The van der Waals surface area contributed by atoms with Crippen LogP contribution >= 0.6 is 12.6 Å². The van der Waals surface area contributed by atoms with Crippen LogP contribution in [0.4, 0.5) is 0 Å². The molecule has 3 rings (SSSR count). The van der Waals surface area contributed by atoms with Crippen LogP contribution in [-0.4, -0.2) is 12.3 Å². The first kappa shape index (κ1) is 24.1. The smallest absolute Gasteiger partial charge is 0.0751 e. The van der Waals surface area contributed by atoms with Crippen LogP contribution in [0, 0.1) is 11.8 Å². The highest BCUT2D eigenvalue weighted by Gasteiger charge is 2.29. The van der Waals surface area contributed by atoms with Crippen LogP contribution in [0.2, 0.25) is 0 Å². The molecule has 3 aliphatic rings. The largest absolute Gasteiger partial charge is 0.387 e. The molecule has 3 nitrogen and oxygen atoms in total. The third-order valence-corrected chi connectivity index (χ3v) is 5.93. The molecule has 1 heterocycles. The van der Waals surface area contributed by atoms with E-state index in [-0.39, 0.29) is 5.92 Å². The number of nitrogens with zero attached hydrogens (tertiary/aromatic N) is 1. The maximum atomic E-state index is 4.71. The second-order valence-corrected chi connectivity index (χ2v) is 7.99. The van der Waals surface area contributed by atoms with Gasteiger partial charge in [0, 0.05) is 18.7 Å². The number of nitrogens with one attached hydrogen (secondary N) is 2. The van der Waals surface area contributed by atoms with Crippen molar-refractivity contribution in [1.82, 2.24) is 10.6 Å². The average molecular weight is 424 g/mol. The summed E-state index contributed by atoms with van der Waals surface area (Å²) in [4.78, 5) is 4.71. The molecular formula is C26H37N3S. The minimum atomic E-state index is 0.174. The fourth-order valence-electron chi connectivity index (χ4n) is 4.11. The van der Waals surface area contributed by atoms with Gasteiger partial charge >= 0.3 is 0 Å². The van der Waals surface area contributed by atoms with Gasteiger partial charge in [-0.25, -0.2) is 0 Å². The van der Waals surface area contributed by atoms with E-state index in [2.05, 4.69) is 73.7 Å². The zero-order chi connectivity index (χ0) is 21.9. The van der Waals surface area contributed by atoms with Crippen molar-refractivity contribution in [3.8, 4) is 0 Å². The molecule has 2 aliphatic carbocycles. The molecule has 2 N–H and O–H groups in total. The maximum absolute atomic E-state index is 4.71. The van der Waals surface area contributed by atoms with Gasteiger partial charge in [-0.3, -0.25) is 4.99 Å². The molecule has 0 saturated heterocycles. The van der Waals surface area contributed by atoms with E-state index in [0.717, 1.165) is 23.0 Å². The standard InChI is InChI=1S/C24H31N3S.C2H6/c1-4-18(15-25-5-2)21-16-26-24-20(21)12-9-13-22(24)27-23(28)14-17(3)19-10-7-6-8-11-19;1-2/h4-5,9,12-14,16,19-20,25,27-28H,2-3,6-8,10-11,15H2,1H3;1-2H3/b18-4+,23-14-;. The van der Waals surface area contributed by atoms with Crippen molar-refractivity contribution >= 4 is 18.3 Å². The lowest BCUT2D eigenvalue weighted by Crippen LogP contribution is -2.26. The highest BCUT2D eigenvalue weighted by Crippen LogP contribution is 2.33. The van der Waals surface area contributed by atoms with Crippen molar-refractivity contribution in [3.63, 3.8) is 0 Å². The molecule has 1 unspecified atom stereocenters. The number of hydrogen-bond donors (Lipinski definition) is 3. The van der Waals surface area contributed by atoms with Crippen LogP contribution in [-0.2, 0) is 0 Å². The Balaban J connectivity index is 0.00000155. The Kier molecular flexibility index (Phi) is 10.0. The van der Waals surface area contributed by atoms with Gasteiger partial charge in [0.25, 0.3) is 0 Å². The van der Waals surface area contributed by atoms with E-state index in [1.54, 1.807) is 6.20 Å². The summed E-state index contributed by atoms with van der Waals surface area (Å²) >= 11 is 4.68. The minimum Gasteiger partial charge on any atom is -0.387 e. The highest BCUT2D eigenvalue weighted by molar-refractivity contribution is 7.84. The number of fused-ring (bicyclic) bond motifs is 1. The fraction of sp³-hybridized carbons (Fsp3) is 0.423. The summed E-state index contributed by atoms with van der Waals surface area (Å²) in [6.45, 7) is 14.8. The fourth-order valence-corrected chi connectivity index (χ4v) is 4.40. The molecule has 0 spiro atoms. The number of aliphatic imine (C=N–C) groups is 1. The summed E-state index contributed by atoms with van der Waals surface area (Å²) in [5.41, 5.74) is 5.69. The van der Waals surface area contributed by atoms with E-state index in [1.165, 1.54) is 48.8 Å². The van der Waals surface area contributed by atoms with Gasteiger partial charge < -0.3 is 10.6 Å². The molecule has 0 radical (unpaired) electrons. The predicted octanol–water partition coefficient (Wildman–Crippen LogP) is 6.60. The highest BCUT2D eigenvalue weighted by atomic mass is 32.1. The molecule has 1 atom stereocenters. The van der Waals surface area contributed by atoms with Gasteiger partial charge in [-0.2, -0.15) is 0 Å². The molecule has 0 bridgehead atoms. The Morgan fingerprint density at radius 1 is 1.27 bits per heavy atom. The molecule has 1 saturated carbocycles. The van der Waals surface area contributed by atoms with E-state index >= 15 is 0 Å². The van der Waals surface area contributed by atoms with Gasteiger partial charge in [0.1, 0.15) is 0 Å². The van der Waals surface area contributed by atoms with Gasteiger partial charge in [0.2, 0.25) is 0 Å². The number of thiol groups is 1. The normalized spacial score (nSPS) is 21.5. The quantitative estimate of drug-likeness (QED) is 0.304. The monoisotopic (exact) mass is 423 g/mol. The van der Waals surface area contributed by atoms with Crippen LogP contribution in [0.5, 0.6) is 0 Å². The average Bonchev–Trinajstić information content (AvgIpc) is 3.21. The first-order valence-electron chi connectivity index (χ1n) is 11.2. The Bertz CT molecular complexity index is 802. The van der Waals surface area contributed by atoms with Gasteiger partial charge in [-0.15, -0.1) is 12.6 Å². The van der Waals surface area contributed by atoms with Gasteiger partial charge in [0.15, 0.2) is 0 Å². The molecule has 162 valence electrons. The second kappa shape index (κ2) is 12.5. The van der Waals surface area contributed by atoms with Crippen molar-refractivity contribution in [2.75, 3.05) is 6.54 Å². The van der Waals surface area contributed by atoms with E-state index < -0.39 is 0 Å². The Morgan fingerprint density at radius 3 is 2.67 bits per heavy atom. The van der Waals surface area contributed by atoms with Crippen molar-refractivity contribution in [2.45, 2.75) is 52.9 Å². The molecule has 1 aliphatic heterocycles. The summed E-state index contributed by atoms with van der Waals surface area (Å²) < 4.78 is 0. The summed E-state index contributed by atoms with van der Waals surface area (Å²) in [5, 5.41) is 7.45. The van der Waals surface area contributed by atoms with Crippen molar-refractivity contribution < 1.29 is 0 Å². The SMILES string of the molecule is C=CNC/C(=C\C)C1=CN=C2C(N/C(S)=C/C(=C)C3CCCCC3)=CC=CC12.CC. The zero-order valence-electron chi connectivity index (χ0n) is 18.7. The lowest BCUT2D eigenvalue weighted by atomic mass is 9.84. The molecule has 0 aromatic heterocycles. The second-order valence-electron chi connectivity index (χ2n) is 7.51. The van der Waals surface area contributed by atoms with Crippen LogP contribution in [0.3, 0.4) is 0 Å². The van der Waals surface area contributed by atoms with Crippen LogP contribution in [0.1, 0.15) is 52.9 Å². The Hall–Kier alpha value is -2.20. The van der Waals surface area contributed by atoms with Crippen LogP contribution in [0.25, 0.3) is 0 Å². The maximum Gasteiger partial charge on any atom is 0.0751 e. The summed E-state index contributed by atoms with van der Waals surface area (Å²) in [5.74, 6) is 0.769. The summed E-state index contributed by atoms with van der Waals surface area (Å²) in [6.07, 6.45) is 20.7. The van der Waals surface area contributed by atoms with E-state index in [0.29, 0.717) is 5.92 Å². The summed E-state index contributed by atoms with van der Waals surface area (Å²) in [6, 6.07) is 0. The van der Waals surface area contributed by atoms with Gasteiger partial charge in [-0.05, 0) is 60.8 Å². The molecule has 0 amide bonds. The lowest BCUT2D eigenvalue weighted by Gasteiger charge is -2.24. The molecule has 30 heavy (non-hydrogen) atoms. The van der Waals surface area contributed by atoms with Gasteiger partial charge in [-0.1, -0.05) is 64.5 Å². The molecule has 1 fully saturated rings. The van der Waals surface area contributed by atoms with Crippen LogP contribution < -0.4 is 10.6 Å². The minimum absolute atomic E-state index is 0.174. The molecule has 0 aromatic rings. The topological polar surface area (TPSA) is 36.4 Å². The lowest BCUT2D eigenvalue weighted by molar-refractivity contribution is 0.409. The number of hydrogen-bond acceptors (Lipinski definition) is 4. The van der Waals surface area contributed by atoms with Gasteiger partial charge in [0.05, 0.1) is 16.4 Å². The Morgan fingerprint density at radius 2 is 2.00 bits per heavy atom. The van der Waals surface area contributed by atoms with Crippen molar-refractivity contribution in [2.24, 2.45) is 16.8 Å². The first-order chi connectivity index (χ1) is 14.6. The van der Waals surface area contributed by atoms with E-state index in [4.69, 9.17) is 4.99 Å². The van der Waals surface area contributed by atoms with E-state index in [1.807, 2.05) is 20.0 Å². The molecule has 0 aromatic carbocycles. The van der Waals surface area contributed by atoms with Crippen molar-refractivity contribution in [1.29, 1.82) is 0 Å². The van der Waals surface area contributed by atoms with Crippen molar-refractivity contribution in [3.05, 3.63) is 83.4 Å². The molecular weight excluding hydrogens is 386 g/mol. The van der Waals surface area contributed by atoms with Crippen LogP contribution in [0.15, 0.2) is 88.4 Å². The first-order valence-corrected chi connectivity index (χ1v) is 11.6. The zero-order valence-corrected chi connectivity index (χ0v) is 19.6. The predicted molar refractivity (Wildman–Crippen MR) is 135 cm³/mol. The summed E-state index contributed by atoms with van der Waals surface area (Å²) in [7, 11) is 0. The number of rotatable bonds is 8. The number of allylic oxidation sites excluding steroid dienone is 7. The third-order valence-electron chi connectivity index (χ3n) is 5.69. The third kappa shape index (κ3) is 6.15. The Labute approximate surface area is 188 Å². The van der Waals surface area contributed by atoms with E-state index in [9.17, 15) is 0 Å². The molecule has 4 heteroatoms.